The number of aromatic nitrogens is 2. The van der Waals surface area contributed by atoms with Crippen LogP contribution >= 0.6 is 11.3 Å². The molecular formula is C23H18FN3OS. The Hall–Kier alpha value is -3.25. The quantitative estimate of drug-likeness (QED) is 0.483. The number of hydrogen-bond donors (Lipinski definition) is 0. The second-order valence-electron chi connectivity index (χ2n) is 6.98. The van der Waals surface area contributed by atoms with Crippen molar-refractivity contribution in [3.8, 4) is 10.6 Å². The van der Waals surface area contributed by atoms with Gasteiger partial charge in [0.25, 0.3) is 5.91 Å². The highest BCUT2D eigenvalue weighted by atomic mass is 32.1. The molecular weight excluding hydrogens is 385 g/mol. The first-order valence-corrected chi connectivity index (χ1v) is 10.3. The third-order valence-electron chi connectivity index (χ3n) is 5.23. The fourth-order valence-electron chi connectivity index (χ4n) is 3.83. The molecule has 2 aromatic heterocycles. The zero-order valence-corrected chi connectivity index (χ0v) is 16.3. The molecule has 4 aromatic rings. The molecule has 0 saturated carbocycles. The van der Waals surface area contributed by atoms with Gasteiger partial charge in [-0.25, -0.2) is 9.37 Å². The summed E-state index contributed by atoms with van der Waals surface area (Å²) in [6, 6.07) is 20.2. The van der Waals surface area contributed by atoms with Gasteiger partial charge in [0.15, 0.2) is 0 Å². The first-order valence-electron chi connectivity index (χ1n) is 9.43. The number of halogens is 1. The Bertz CT molecular complexity index is 1150. The van der Waals surface area contributed by atoms with Crippen molar-refractivity contribution in [1.29, 1.82) is 0 Å². The Labute approximate surface area is 171 Å². The molecule has 4 nitrogen and oxygen atoms in total. The molecule has 6 heteroatoms. The van der Waals surface area contributed by atoms with E-state index in [2.05, 4.69) is 33.9 Å². The summed E-state index contributed by atoms with van der Waals surface area (Å²) < 4.78 is 15.4. The lowest BCUT2D eigenvalue weighted by Crippen LogP contribution is -2.42. The summed E-state index contributed by atoms with van der Waals surface area (Å²) in [6.45, 7) is 1.37. The van der Waals surface area contributed by atoms with Crippen LogP contribution in [-0.2, 0) is 6.54 Å². The van der Waals surface area contributed by atoms with Gasteiger partial charge in [-0.3, -0.25) is 4.79 Å². The molecule has 0 aliphatic carbocycles. The maximum atomic E-state index is 13.4. The lowest BCUT2D eigenvalue weighted by molar-refractivity contribution is 0.0659. The molecule has 0 N–H and O–H groups in total. The summed E-state index contributed by atoms with van der Waals surface area (Å²) in [5, 5.41) is 2.50. The minimum Gasteiger partial charge on any atom is -0.348 e. The van der Waals surface area contributed by atoms with Crippen LogP contribution in [0.4, 0.5) is 4.39 Å². The molecule has 0 spiro atoms. The predicted molar refractivity (Wildman–Crippen MR) is 111 cm³/mol. The van der Waals surface area contributed by atoms with Gasteiger partial charge < -0.3 is 9.47 Å². The van der Waals surface area contributed by atoms with Gasteiger partial charge in [0.05, 0.1) is 6.04 Å². The van der Waals surface area contributed by atoms with Crippen LogP contribution in [0.3, 0.4) is 0 Å². The maximum Gasteiger partial charge on any atom is 0.274 e. The highest BCUT2D eigenvalue weighted by molar-refractivity contribution is 7.13. The number of fused-ring (bicyclic) bond motifs is 1. The lowest BCUT2D eigenvalue weighted by Gasteiger charge is -2.37. The monoisotopic (exact) mass is 403 g/mol. The summed E-state index contributed by atoms with van der Waals surface area (Å²) >= 11 is 1.40. The number of carbonyl (C=O) groups excluding carboxylic acids is 1. The van der Waals surface area contributed by atoms with Crippen LogP contribution in [-0.4, -0.2) is 26.9 Å². The molecule has 1 atom stereocenters. The molecule has 29 heavy (non-hydrogen) atoms. The molecule has 0 fully saturated rings. The van der Waals surface area contributed by atoms with E-state index in [9.17, 15) is 9.18 Å². The van der Waals surface area contributed by atoms with Gasteiger partial charge in [-0.2, -0.15) is 0 Å². The van der Waals surface area contributed by atoms with E-state index in [1.165, 1.54) is 23.5 Å². The molecule has 1 amide bonds. The van der Waals surface area contributed by atoms with Crippen molar-refractivity contribution in [1.82, 2.24) is 14.5 Å². The normalized spacial score (nSPS) is 15.9. The molecule has 144 valence electrons. The van der Waals surface area contributed by atoms with Crippen LogP contribution in [0.1, 0.15) is 27.8 Å². The Balaban J connectivity index is 1.49. The van der Waals surface area contributed by atoms with Gasteiger partial charge >= 0.3 is 0 Å². The molecule has 1 aliphatic heterocycles. The third kappa shape index (κ3) is 3.25. The van der Waals surface area contributed by atoms with Crippen LogP contribution in [0.15, 0.2) is 78.3 Å². The van der Waals surface area contributed by atoms with E-state index >= 15 is 0 Å². The third-order valence-corrected chi connectivity index (χ3v) is 6.12. The van der Waals surface area contributed by atoms with Crippen LogP contribution in [0.25, 0.3) is 10.6 Å². The standard InChI is InChI=1S/C23H18FN3OS/c24-18-10-8-17(9-11-18)22-25-19(15-29-22)23(28)27-14-13-26-12-4-7-20(26)21(27)16-5-2-1-3-6-16/h1-12,15,21H,13-14H2. The molecule has 0 bridgehead atoms. The van der Waals surface area contributed by atoms with Gasteiger partial charge in [-0.05, 0) is 42.0 Å². The number of benzene rings is 2. The zero-order chi connectivity index (χ0) is 19.8. The van der Waals surface area contributed by atoms with Gasteiger partial charge in [0.1, 0.15) is 16.5 Å². The number of nitrogens with zero attached hydrogens (tertiary/aromatic N) is 3. The summed E-state index contributed by atoms with van der Waals surface area (Å²) in [5.41, 5.74) is 3.41. The predicted octanol–water partition coefficient (Wildman–Crippen LogP) is 5.00. The summed E-state index contributed by atoms with van der Waals surface area (Å²) in [4.78, 5) is 19.9. The van der Waals surface area contributed by atoms with Crippen molar-refractivity contribution in [2.45, 2.75) is 12.6 Å². The van der Waals surface area contributed by atoms with Crippen molar-refractivity contribution in [2.75, 3.05) is 6.54 Å². The fourth-order valence-corrected chi connectivity index (χ4v) is 4.63. The minimum atomic E-state index is -0.288. The molecule has 1 unspecified atom stereocenters. The first-order chi connectivity index (χ1) is 14.2. The van der Waals surface area contributed by atoms with Crippen molar-refractivity contribution in [2.24, 2.45) is 0 Å². The highest BCUT2D eigenvalue weighted by Gasteiger charge is 2.33. The van der Waals surface area contributed by atoms with Crippen molar-refractivity contribution in [3.63, 3.8) is 0 Å². The van der Waals surface area contributed by atoms with E-state index in [0.717, 1.165) is 23.4 Å². The number of rotatable bonds is 3. The SMILES string of the molecule is O=C(c1csc(-c2ccc(F)cc2)n1)N1CCn2cccc2C1c1ccccc1. The summed E-state index contributed by atoms with van der Waals surface area (Å²) in [7, 11) is 0. The van der Waals surface area contributed by atoms with E-state index < -0.39 is 0 Å². The van der Waals surface area contributed by atoms with Crippen molar-refractivity contribution < 1.29 is 9.18 Å². The molecule has 2 aromatic carbocycles. The Morgan fingerprint density at radius 2 is 1.79 bits per heavy atom. The van der Waals surface area contributed by atoms with Crippen LogP contribution in [0.5, 0.6) is 0 Å². The molecule has 1 aliphatic rings. The van der Waals surface area contributed by atoms with Gasteiger partial charge in [0, 0.05) is 35.9 Å². The Kier molecular flexibility index (Phi) is 4.48. The lowest BCUT2D eigenvalue weighted by atomic mass is 9.99. The van der Waals surface area contributed by atoms with E-state index in [4.69, 9.17) is 0 Å². The molecule has 0 saturated heterocycles. The molecule has 5 rings (SSSR count). The first kappa shape index (κ1) is 17.8. The topological polar surface area (TPSA) is 38.1 Å². The van der Waals surface area contributed by atoms with Gasteiger partial charge in [-0.1, -0.05) is 30.3 Å². The number of thiazole rings is 1. The second kappa shape index (κ2) is 7.29. The van der Waals surface area contributed by atoms with E-state index in [1.54, 1.807) is 17.5 Å². The fraction of sp³-hybridized carbons (Fsp3) is 0.130. The highest BCUT2D eigenvalue weighted by Crippen LogP contribution is 2.34. The Morgan fingerprint density at radius 1 is 1.00 bits per heavy atom. The summed E-state index contributed by atoms with van der Waals surface area (Å²) in [5.74, 6) is -0.375. The Morgan fingerprint density at radius 3 is 2.59 bits per heavy atom. The maximum absolute atomic E-state index is 13.4. The molecule has 0 radical (unpaired) electrons. The number of carbonyl (C=O) groups is 1. The van der Waals surface area contributed by atoms with Crippen LogP contribution in [0, 0.1) is 5.82 Å². The van der Waals surface area contributed by atoms with Crippen molar-refractivity contribution >= 4 is 17.2 Å². The van der Waals surface area contributed by atoms with Gasteiger partial charge in [-0.15, -0.1) is 11.3 Å². The summed E-state index contributed by atoms with van der Waals surface area (Å²) in [6.07, 6.45) is 2.06. The largest absolute Gasteiger partial charge is 0.348 e. The second-order valence-corrected chi connectivity index (χ2v) is 7.84. The average molecular weight is 403 g/mol. The minimum absolute atomic E-state index is 0.0871. The average Bonchev–Trinajstić information content (AvgIpc) is 3.43. The van der Waals surface area contributed by atoms with E-state index in [1.807, 2.05) is 29.2 Å². The van der Waals surface area contributed by atoms with Crippen LogP contribution < -0.4 is 0 Å². The number of amides is 1. The number of hydrogen-bond acceptors (Lipinski definition) is 3. The van der Waals surface area contributed by atoms with E-state index in [-0.39, 0.29) is 17.8 Å². The molecule has 3 heterocycles. The van der Waals surface area contributed by atoms with Crippen molar-refractivity contribution in [3.05, 3.63) is 101 Å². The van der Waals surface area contributed by atoms with Gasteiger partial charge in [0.2, 0.25) is 0 Å². The van der Waals surface area contributed by atoms with E-state index in [0.29, 0.717) is 17.2 Å². The van der Waals surface area contributed by atoms with Crippen LogP contribution in [0.2, 0.25) is 0 Å². The smallest absolute Gasteiger partial charge is 0.274 e. The zero-order valence-electron chi connectivity index (χ0n) is 15.5.